The molecule has 1 aromatic rings. The molecule has 5 nitrogen and oxygen atoms in total. The summed E-state index contributed by atoms with van der Waals surface area (Å²) in [6.07, 6.45) is 4.59. The Morgan fingerprint density at radius 3 is 2.52 bits per heavy atom. The molecule has 6 heteroatoms. The molecule has 1 aliphatic heterocycles. The largest absolute Gasteiger partial charge is 0.363 e. The van der Waals surface area contributed by atoms with Crippen molar-refractivity contribution in [2.45, 2.75) is 76.5 Å². The third-order valence-electron chi connectivity index (χ3n) is 4.11. The Bertz CT molecular complexity index is 555. The third-order valence-corrected chi connectivity index (χ3v) is 6.21. The molecule has 0 aromatic carbocycles. The molecular weight excluding hydrogens is 286 g/mol. The van der Waals surface area contributed by atoms with E-state index < -0.39 is 10.0 Å². The summed E-state index contributed by atoms with van der Waals surface area (Å²) in [4.78, 5) is 3.45. The Hall–Kier alpha value is -0.850. The molecule has 1 aliphatic rings. The van der Waals surface area contributed by atoms with Gasteiger partial charge >= 0.3 is 0 Å². The van der Waals surface area contributed by atoms with Crippen LogP contribution in [0.4, 0.5) is 0 Å². The van der Waals surface area contributed by atoms with Crippen molar-refractivity contribution in [3.8, 4) is 0 Å². The second kappa shape index (κ2) is 6.50. The van der Waals surface area contributed by atoms with Crippen molar-refractivity contribution in [2.24, 2.45) is 0 Å². The van der Waals surface area contributed by atoms with Crippen LogP contribution in [0.3, 0.4) is 0 Å². The van der Waals surface area contributed by atoms with E-state index in [9.17, 15) is 8.42 Å². The fourth-order valence-corrected chi connectivity index (χ4v) is 4.88. The predicted octanol–water partition coefficient (Wildman–Crippen LogP) is 2.46. The average Bonchev–Trinajstić information content (AvgIpc) is 2.85. The lowest BCUT2D eigenvalue weighted by atomic mass is 10.0. The SMILES string of the molecule is CC(C)NCc1cc(S(=O)(=O)N2C(C)CCCC2C)c[nH]1. The zero-order valence-electron chi connectivity index (χ0n) is 13.4. The van der Waals surface area contributed by atoms with Gasteiger partial charge in [0, 0.05) is 36.6 Å². The van der Waals surface area contributed by atoms with Crippen molar-refractivity contribution < 1.29 is 8.42 Å². The van der Waals surface area contributed by atoms with Crippen LogP contribution >= 0.6 is 0 Å². The Morgan fingerprint density at radius 2 is 1.95 bits per heavy atom. The van der Waals surface area contributed by atoms with Gasteiger partial charge in [0.2, 0.25) is 10.0 Å². The number of sulfonamides is 1. The maximum atomic E-state index is 12.8. The van der Waals surface area contributed by atoms with Crippen molar-refractivity contribution in [1.82, 2.24) is 14.6 Å². The summed E-state index contributed by atoms with van der Waals surface area (Å²) in [5.41, 5.74) is 0.902. The van der Waals surface area contributed by atoms with Gasteiger partial charge in [-0.2, -0.15) is 4.31 Å². The molecule has 2 unspecified atom stereocenters. The summed E-state index contributed by atoms with van der Waals surface area (Å²) in [5, 5.41) is 3.28. The number of aromatic nitrogens is 1. The molecule has 2 heterocycles. The van der Waals surface area contributed by atoms with Gasteiger partial charge in [0.1, 0.15) is 0 Å². The quantitative estimate of drug-likeness (QED) is 0.877. The minimum absolute atomic E-state index is 0.0749. The summed E-state index contributed by atoms with van der Waals surface area (Å²) in [6.45, 7) is 8.79. The fourth-order valence-electron chi connectivity index (χ4n) is 2.98. The Labute approximate surface area is 128 Å². The monoisotopic (exact) mass is 313 g/mol. The molecule has 2 rings (SSSR count). The van der Waals surface area contributed by atoms with Crippen molar-refractivity contribution >= 4 is 10.0 Å². The van der Waals surface area contributed by atoms with Crippen LogP contribution in [0, 0.1) is 0 Å². The molecule has 1 saturated heterocycles. The van der Waals surface area contributed by atoms with Crippen LogP contribution in [0.15, 0.2) is 17.2 Å². The van der Waals surface area contributed by atoms with Crippen molar-refractivity contribution in [2.75, 3.05) is 0 Å². The second-order valence-electron chi connectivity index (χ2n) is 6.36. The smallest absolute Gasteiger partial charge is 0.245 e. The van der Waals surface area contributed by atoms with Gasteiger partial charge in [-0.1, -0.05) is 20.3 Å². The molecular formula is C15H27N3O2S. The lowest BCUT2D eigenvalue weighted by molar-refractivity contribution is 0.204. The maximum absolute atomic E-state index is 12.8. The molecule has 21 heavy (non-hydrogen) atoms. The van der Waals surface area contributed by atoms with Gasteiger partial charge in [-0.15, -0.1) is 0 Å². The molecule has 2 N–H and O–H groups in total. The Kier molecular flexibility index (Phi) is 5.11. The number of nitrogens with zero attached hydrogens (tertiary/aromatic N) is 1. The minimum atomic E-state index is -3.40. The van der Waals surface area contributed by atoms with E-state index >= 15 is 0 Å². The van der Waals surface area contributed by atoms with Gasteiger partial charge in [-0.05, 0) is 32.8 Å². The molecule has 0 saturated carbocycles. The number of H-pyrrole nitrogens is 1. The lowest BCUT2D eigenvalue weighted by Gasteiger charge is -2.37. The number of rotatable bonds is 5. The first-order chi connectivity index (χ1) is 9.82. The summed E-state index contributed by atoms with van der Waals surface area (Å²) >= 11 is 0. The van der Waals surface area contributed by atoms with E-state index in [0.29, 0.717) is 17.5 Å². The second-order valence-corrected chi connectivity index (χ2v) is 8.20. The van der Waals surface area contributed by atoms with E-state index in [1.54, 1.807) is 16.6 Å². The van der Waals surface area contributed by atoms with Crippen LogP contribution < -0.4 is 5.32 Å². The van der Waals surface area contributed by atoms with E-state index in [1.165, 1.54) is 0 Å². The van der Waals surface area contributed by atoms with Crippen molar-refractivity contribution in [3.05, 3.63) is 18.0 Å². The highest BCUT2D eigenvalue weighted by molar-refractivity contribution is 7.89. The summed E-state index contributed by atoms with van der Waals surface area (Å²) < 4.78 is 27.4. The molecule has 0 spiro atoms. The number of piperidine rings is 1. The van der Waals surface area contributed by atoms with Crippen LogP contribution in [0.1, 0.15) is 52.7 Å². The highest BCUT2D eigenvalue weighted by Crippen LogP contribution is 2.29. The fraction of sp³-hybridized carbons (Fsp3) is 0.733. The van der Waals surface area contributed by atoms with Crippen LogP contribution in [0.5, 0.6) is 0 Å². The van der Waals surface area contributed by atoms with Crippen LogP contribution in [-0.4, -0.2) is 35.8 Å². The first-order valence-electron chi connectivity index (χ1n) is 7.76. The molecule has 1 aromatic heterocycles. The predicted molar refractivity (Wildman–Crippen MR) is 84.6 cm³/mol. The van der Waals surface area contributed by atoms with Gasteiger partial charge in [-0.3, -0.25) is 0 Å². The van der Waals surface area contributed by atoms with E-state index in [2.05, 4.69) is 24.1 Å². The van der Waals surface area contributed by atoms with Crippen LogP contribution in [0.2, 0.25) is 0 Å². The number of hydrogen-bond acceptors (Lipinski definition) is 3. The van der Waals surface area contributed by atoms with Crippen LogP contribution in [0.25, 0.3) is 0 Å². The topological polar surface area (TPSA) is 65.2 Å². The number of aromatic amines is 1. The summed E-state index contributed by atoms with van der Waals surface area (Å²) in [6, 6.07) is 2.27. The lowest BCUT2D eigenvalue weighted by Crippen LogP contribution is -2.47. The Morgan fingerprint density at radius 1 is 1.33 bits per heavy atom. The standard InChI is InChI=1S/C15H27N3O2S/c1-11(2)16-9-14-8-15(10-17-14)21(19,20)18-12(3)6-5-7-13(18)4/h8,10-13,16-17H,5-7,9H2,1-4H3. The van der Waals surface area contributed by atoms with Crippen molar-refractivity contribution in [3.63, 3.8) is 0 Å². The molecule has 1 fully saturated rings. The number of nitrogens with one attached hydrogen (secondary N) is 2. The first kappa shape index (κ1) is 16.5. The zero-order valence-corrected chi connectivity index (χ0v) is 14.2. The molecule has 0 aliphatic carbocycles. The minimum Gasteiger partial charge on any atom is -0.363 e. The van der Waals surface area contributed by atoms with E-state index in [0.717, 1.165) is 25.0 Å². The van der Waals surface area contributed by atoms with Gasteiger partial charge in [-0.25, -0.2) is 8.42 Å². The highest BCUT2D eigenvalue weighted by Gasteiger charge is 2.36. The molecule has 120 valence electrons. The number of hydrogen-bond donors (Lipinski definition) is 2. The molecule has 0 bridgehead atoms. The van der Waals surface area contributed by atoms with Gasteiger partial charge in [0.15, 0.2) is 0 Å². The maximum Gasteiger partial charge on any atom is 0.245 e. The Balaban J connectivity index is 2.19. The third kappa shape index (κ3) is 3.67. The van der Waals surface area contributed by atoms with Crippen molar-refractivity contribution in [1.29, 1.82) is 0 Å². The highest BCUT2D eigenvalue weighted by atomic mass is 32.2. The van der Waals surface area contributed by atoms with Gasteiger partial charge in [0.25, 0.3) is 0 Å². The average molecular weight is 313 g/mol. The van der Waals surface area contributed by atoms with E-state index in [1.807, 2.05) is 13.8 Å². The van der Waals surface area contributed by atoms with E-state index in [-0.39, 0.29) is 12.1 Å². The normalized spacial score (nSPS) is 24.6. The summed E-state index contributed by atoms with van der Waals surface area (Å²) in [7, 11) is -3.40. The van der Waals surface area contributed by atoms with Gasteiger partial charge < -0.3 is 10.3 Å². The molecule has 2 atom stereocenters. The van der Waals surface area contributed by atoms with Crippen LogP contribution in [-0.2, 0) is 16.6 Å². The summed E-state index contributed by atoms with van der Waals surface area (Å²) in [5.74, 6) is 0. The first-order valence-corrected chi connectivity index (χ1v) is 9.20. The van der Waals surface area contributed by atoms with E-state index in [4.69, 9.17) is 0 Å². The molecule has 0 amide bonds. The zero-order chi connectivity index (χ0) is 15.6. The molecule has 0 radical (unpaired) electrons. The van der Waals surface area contributed by atoms with Gasteiger partial charge in [0.05, 0.1) is 4.90 Å².